The van der Waals surface area contributed by atoms with Crippen LogP contribution in [0, 0.1) is 0 Å². The molecular weight excluding hydrogens is 641 g/mol. The summed E-state index contributed by atoms with van der Waals surface area (Å²) in [5.41, 5.74) is 0.631. The van der Waals surface area contributed by atoms with Crippen molar-refractivity contribution in [3.63, 3.8) is 0 Å². The van der Waals surface area contributed by atoms with Crippen molar-refractivity contribution >= 4 is 21.7 Å². The molecule has 1 aliphatic heterocycles. The number of hydrogen-bond donors (Lipinski definition) is 2. The minimum absolute atomic E-state index is 0.0849. The molecule has 1 amide bonds. The molecule has 13 nitrogen and oxygen atoms in total. The van der Waals surface area contributed by atoms with Crippen molar-refractivity contribution in [2.24, 2.45) is 0 Å². The Bertz CT molecular complexity index is 1740. The molecule has 1 saturated heterocycles. The lowest BCUT2D eigenvalue weighted by Gasteiger charge is -2.40. The number of piperazine rings is 1. The molecule has 0 unspecified atom stereocenters. The molecule has 244 valence electrons. The van der Waals surface area contributed by atoms with Gasteiger partial charge in [0.25, 0.3) is 5.92 Å². The molecule has 0 spiro atoms. The van der Waals surface area contributed by atoms with Crippen LogP contribution in [0.4, 0.5) is 27.8 Å². The maximum atomic E-state index is 14.0. The third kappa shape index (κ3) is 7.36. The summed E-state index contributed by atoms with van der Waals surface area (Å²) in [4.78, 5) is 23.4. The fourth-order valence-corrected chi connectivity index (χ4v) is 6.24. The van der Waals surface area contributed by atoms with Crippen molar-refractivity contribution in [1.82, 2.24) is 40.2 Å². The number of ether oxygens (including phenoxy) is 1. The second-order valence-electron chi connectivity index (χ2n) is 10.1. The largest absolute Gasteiger partial charge is 0.573 e. The average molecular weight is 668 g/mol. The lowest BCUT2D eigenvalue weighted by molar-refractivity contribution is -0.274. The number of rotatable bonds is 10. The molecule has 1 aliphatic rings. The van der Waals surface area contributed by atoms with Crippen molar-refractivity contribution < 1.29 is 39.9 Å². The van der Waals surface area contributed by atoms with E-state index in [1.807, 2.05) is 0 Å². The molecule has 5 rings (SSSR count). The molecule has 1 atom stereocenters. The number of aromatic amines is 1. The summed E-state index contributed by atoms with van der Waals surface area (Å²) >= 11 is 0. The quantitative estimate of drug-likeness (QED) is 0.241. The number of carbonyl (C=O) groups excluding carboxylic acids is 1. The fourth-order valence-electron chi connectivity index (χ4n) is 4.67. The Morgan fingerprint density at radius 1 is 1.02 bits per heavy atom. The van der Waals surface area contributed by atoms with Gasteiger partial charge in [0.15, 0.2) is 0 Å². The van der Waals surface area contributed by atoms with Crippen LogP contribution in [0.1, 0.15) is 24.5 Å². The van der Waals surface area contributed by atoms with E-state index in [1.54, 1.807) is 4.90 Å². The van der Waals surface area contributed by atoms with Crippen LogP contribution in [-0.4, -0.2) is 81.3 Å². The first kappa shape index (κ1) is 32.6. The highest BCUT2D eigenvalue weighted by atomic mass is 32.2. The van der Waals surface area contributed by atoms with Gasteiger partial charge in [-0.2, -0.15) is 9.52 Å². The number of carbonyl (C=O) groups is 1. The summed E-state index contributed by atoms with van der Waals surface area (Å²) in [5, 5.41) is 16.1. The molecule has 46 heavy (non-hydrogen) atoms. The summed E-state index contributed by atoms with van der Waals surface area (Å²) in [7, 11) is -4.40. The van der Waals surface area contributed by atoms with Crippen LogP contribution in [0.25, 0.3) is 11.5 Å². The first-order chi connectivity index (χ1) is 21.8. The van der Waals surface area contributed by atoms with Crippen molar-refractivity contribution in [2.45, 2.75) is 43.1 Å². The van der Waals surface area contributed by atoms with Crippen molar-refractivity contribution in [3.05, 3.63) is 72.1 Å². The maximum Gasteiger partial charge on any atom is 0.573 e. The van der Waals surface area contributed by atoms with Crippen LogP contribution in [0.2, 0.25) is 0 Å². The Labute approximate surface area is 258 Å². The zero-order chi connectivity index (χ0) is 33.1. The van der Waals surface area contributed by atoms with Crippen molar-refractivity contribution in [1.29, 1.82) is 0 Å². The van der Waals surface area contributed by atoms with Crippen LogP contribution in [0.3, 0.4) is 0 Å². The number of H-pyrrole nitrogens is 1. The van der Waals surface area contributed by atoms with Gasteiger partial charge < -0.3 is 15.0 Å². The molecule has 2 aromatic heterocycles. The number of halogens is 5. The van der Waals surface area contributed by atoms with Gasteiger partial charge in [-0.15, -0.1) is 23.4 Å². The minimum atomic E-state index is -4.97. The van der Waals surface area contributed by atoms with E-state index in [4.69, 9.17) is 0 Å². The number of nitrogens with zero attached hydrogens (tertiary/aromatic N) is 7. The summed E-state index contributed by atoms with van der Waals surface area (Å²) < 4.78 is 98.0. The summed E-state index contributed by atoms with van der Waals surface area (Å²) in [6.45, 7) is 0.986. The summed E-state index contributed by atoms with van der Waals surface area (Å²) in [6.07, 6.45) is -2.57. The molecule has 0 aliphatic carbocycles. The number of aromatic nitrogens is 6. The second kappa shape index (κ2) is 12.9. The van der Waals surface area contributed by atoms with Gasteiger partial charge in [-0.05, 0) is 35.0 Å². The molecular formula is C27H26F5N9O4S. The van der Waals surface area contributed by atoms with Gasteiger partial charge in [-0.1, -0.05) is 31.2 Å². The number of amides is 1. The SMILES string of the molecule is CCC(F)(F)c1ccc(CNC(=O)[C@H]2CN(c3cnc(-c4nn[nH]n4)cn3)CCN2S(=O)(=O)c2ccc(OC(F)(F)F)cc2)cc1. The van der Waals surface area contributed by atoms with Crippen molar-refractivity contribution in [3.8, 4) is 17.3 Å². The fraction of sp³-hybridized carbons (Fsp3) is 0.333. The van der Waals surface area contributed by atoms with Crippen LogP contribution in [0.15, 0.2) is 65.8 Å². The number of tetrazole rings is 1. The number of alkyl halides is 5. The van der Waals surface area contributed by atoms with E-state index in [0.29, 0.717) is 17.1 Å². The van der Waals surface area contributed by atoms with Gasteiger partial charge in [0, 0.05) is 38.2 Å². The Morgan fingerprint density at radius 2 is 1.74 bits per heavy atom. The van der Waals surface area contributed by atoms with E-state index in [2.05, 4.69) is 40.6 Å². The van der Waals surface area contributed by atoms with Crippen LogP contribution >= 0.6 is 0 Å². The van der Waals surface area contributed by atoms with Gasteiger partial charge in [0.2, 0.25) is 21.8 Å². The smallest absolute Gasteiger partial charge is 0.406 e. The Kier molecular flexibility index (Phi) is 9.15. The Balaban J connectivity index is 1.37. The van der Waals surface area contributed by atoms with E-state index in [1.165, 1.54) is 43.6 Å². The van der Waals surface area contributed by atoms with Crippen LogP contribution in [0.5, 0.6) is 5.75 Å². The van der Waals surface area contributed by atoms with E-state index >= 15 is 0 Å². The predicted molar refractivity (Wildman–Crippen MR) is 151 cm³/mol. The first-order valence-corrected chi connectivity index (χ1v) is 15.1. The highest BCUT2D eigenvalue weighted by Gasteiger charge is 2.41. The first-order valence-electron chi connectivity index (χ1n) is 13.7. The summed E-state index contributed by atoms with van der Waals surface area (Å²) in [6, 6.07) is 7.68. The molecule has 0 radical (unpaired) electrons. The number of sulfonamides is 1. The normalized spacial score (nSPS) is 16.3. The van der Waals surface area contributed by atoms with E-state index in [-0.39, 0.29) is 48.9 Å². The molecule has 3 heterocycles. The number of hydrogen-bond acceptors (Lipinski definition) is 10. The number of benzene rings is 2. The van der Waals surface area contributed by atoms with Gasteiger partial charge in [-0.25, -0.2) is 27.2 Å². The predicted octanol–water partition coefficient (Wildman–Crippen LogP) is 3.25. The van der Waals surface area contributed by atoms with Crippen molar-refractivity contribution in [2.75, 3.05) is 24.5 Å². The zero-order valence-electron chi connectivity index (χ0n) is 23.9. The highest BCUT2D eigenvalue weighted by Crippen LogP contribution is 2.31. The molecule has 0 bridgehead atoms. The molecule has 2 N–H and O–H groups in total. The maximum absolute atomic E-state index is 14.0. The monoisotopic (exact) mass is 667 g/mol. The van der Waals surface area contributed by atoms with E-state index in [9.17, 15) is 35.2 Å². The van der Waals surface area contributed by atoms with Gasteiger partial charge in [0.1, 0.15) is 23.3 Å². The van der Waals surface area contributed by atoms with Gasteiger partial charge >= 0.3 is 6.36 Å². The molecule has 19 heteroatoms. The standard InChI is InChI=1S/C27H26F5N9O4S/c1-2-26(28,29)18-5-3-17(4-6-18)13-35-25(42)22-16-40(23-15-33-21(14-34-23)24-36-38-39-37-24)11-12-41(22)46(43,44)20-9-7-19(8-10-20)45-27(30,31)32/h3-10,14-15,22H,2,11-13,16H2,1H3,(H,35,42)(H,36,37,38,39)/t22-/m1/s1. The minimum Gasteiger partial charge on any atom is -0.406 e. The van der Waals surface area contributed by atoms with Gasteiger partial charge in [-0.3, -0.25) is 4.79 Å². The third-order valence-corrected chi connectivity index (χ3v) is 9.04. The van der Waals surface area contributed by atoms with Crippen LogP contribution < -0.4 is 15.0 Å². The highest BCUT2D eigenvalue weighted by molar-refractivity contribution is 7.89. The summed E-state index contributed by atoms with van der Waals surface area (Å²) in [5.74, 6) is -3.81. The Morgan fingerprint density at radius 3 is 2.33 bits per heavy atom. The average Bonchev–Trinajstić information content (AvgIpc) is 3.58. The number of nitrogens with one attached hydrogen (secondary N) is 2. The third-order valence-electron chi connectivity index (χ3n) is 7.12. The Hall–Kier alpha value is -4.78. The van der Waals surface area contributed by atoms with Gasteiger partial charge in [0.05, 0.1) is 17.3 Å². The zero-order valence-corrected chi connectivity index (χ0v) is 24.8. The number of anilines is 1. The second-order valence-corrected chi connectivity index (χ2v) is 12.0. The van der Waals surface area contributed by atoms with Crippen LogP contribution in [-0.2, 0) is 27.3 Å². The van der Waals surface area contributed by atoms with E-state index < -0.39 is 40.0 Å². The lowest BCUT2D eigenvalue weighted by Crippen LogP contribution is -2.60. The molecule has 1 fully saturated rings. The lowest BCUT2D eigenvalue weighted by atomic mass is 10.0. The topological polar surface area (TPSA) is 159 Å². The molecule has 0 saturated carbocycles. The molecule has 2 aromatic carbocycles. The van der Waals surface area contributed by atoms with E-state index in [0.717, 1.165) is 28.6 Å². The molecule has 4 aromatic rings.